The van der Waals surface area contributed by atoms with Gasteiger partial charge in [-0.15, -0.1) is 0 Å². The Kier molecular flexibility index (Phi) is 7.88. The largest absolute Gasteiger partial charge is 0.352 e. The van der Waals surface area contributed by atoms with Crippen LogP contribution in [0.15, 0.2) is 42.5 Å². The monoisotopic (exact) mass is 445 g/mol. The standard InChI is InChI=1S/C23H25F2N3O4/c24-19-9-5-4-8-18(19)23(31)28(14-21(29)26-17-6-2-1-3-7-17)13-16-11-10-15(12-20(16)25)22(30)27-32/h4-5,8-12,17,32H,1-3,6-7,13-14H2,(H,26,29)(H,27,30). The highest BCUT2D eigenvalue weighted by atomic mass is 19.1. The van der Waals surface area contributed by atoms with Gasteiger partial charge in [0.15, 0.2) is 0 Å². The van der Waals surface area contributed by atoms with Crippen molar-refractivity contribution in [2.45, 2.75) is 44.7 Å². The highest BCUT2D eigenvalue weighted by molar-refractivity contribution is 5.97. The van der Waals surface area contributed by atoms with Crippen molar-refractivity contribution in [3.63, 3.8) is 0 Å². The highest BCUT2D eigenvalue weighted by Crippen LogP contribution is 2.19. The van der Waals surface area contributed by atoms with Crippen LogP contribution in [0.5, 0.6) is 0 Å². The Morgan fingerprint density at radius 3 is 2.38 bits per heavy atom. The maximum Gasteiger partial charge on any atom is 0.274 e. The lowest BCUT2D eigenvalue weighted by atomic mass is 9.95. The van der Waals surface area contributed by atoms with Crippen LogP contribution < -0.4 is 10.8 Å². The Morgan fingerprint density at radius 2 is 1.72 bits per heavy atom. The first-order valence-electron chi connectivity index (χ1n) is 10.4. The van der Waals surface area contributed by atoms with Crippen LogP contribution in [0.25, 0.3) is 0 Å². The van der Waals surface area contributed by atoms with E-state index in [-0.39, 0.29) is 35.8 Å². The average molecular weight is 445 g/mol. The Labute approximate surface area is 184 Å². The molecule has 3 N–H and O–H groups in total. The summed E-state index contributed by atoms with van der Waals surface area (Å²) < 4.78 is 28.8. The Morgan fingerprint density at radius 1 is 1.00 bits per heavy atom. The van der Waals surface area contributed by atoms with Crippen LogP contribution in [-0.4, -0.2) is 40.4 Å². The molecular weight excluding hydrogens is 420 g/mol. The van der Waals surface area contributed by atoms with Gasteiger partial charge in [0.2, 0.25) is 5.91 Å². The molecule has 0 atom stereocenters. The van der Waals surface area contributed by atoms with E-state index in [0.29, 0.717) is 0 Å². The number of benzene rings is 2. The van der Waals surface area contributed by atoms with Crippen LogP contribution in [-0.2, 0) is 11.3 Å². The maximum atomic E-state index is 14.6. The number of nitrogens with zero attached hydrogens (tertiary/aromatic N) is 1. The first-order valence-corrected chi connectivity index (χ1v) is 10.4. The summed E-state index contributed by atoms with van der Waals surface area (Å²) in [6.45, 7) is -0.680. The Bertz CT molecular complexity index is 993. The fourth-order valence-electron chi connectivity index (χ4n) is 3.79. The molecule has 0 spiro atoms. The number of hydroxylamine groups is 1. The smallest absolute Gasteiger partial charge is 0.274 e. The van der Waals surface area contributed by atoms with E-state index in [1.54, 1.807) is 0 Å². The van der Waals surface area contributed by atoms with Gasteiger partial charge >= 0.3 is 0 Å². The minimum atomic E-state index is -0.887. The number of halogens is 2. The van der Waals surface area contributed by atoms with E-state index in [2.05, 4.69) is 5.32 Å². The molecule has 0 radical (unpaired) electrons. The Balaban J connectivity index is 1.81. The van der Waals surface area contributed by atoms with Crippen LogP contribution in [0, 0.1) is 11.6 Å². The molecule has 3 amide bonds. The van der Waals surface area contributed by atoms with Gasteiger partial charge in [-0.05, 0) is 37.1 Å². The zero-order valence-electron chi connectivity index (χ0n) is 17.4. The van der Waals surface area contributed by atoms with Crippen molar-refractivity contribution < 1.29 is 28.4 Å². The van der Waals surface area contributed by atoms with E-state index < -0.39 is 29.4 Å². The maximum absolute atomic E-state index is 14.6. The zero-order valence-corrected chi connectivity index (χ0v) is 17.4. The van der Waals surface area contributed by atoms with E-state index in [9.17, 15) is 23.2 Å². The number of carbonyl (C=O) groups is 3. The van der Waals surface area contributed by atoms with Crippen molar-refractivity contribution >= 4 is 17.7 Å². The molecule has 9 heteroatoms. The van der Waals surface area contributed by atoms with Crippen LogP contribution in [0.4, 0.5) is 8.78 Å². The summed E-state index contributed by atoms with van der Waals surface area (Å²) in [5.41, 5.74) is 1.11. The van der Waals surface area contributed by atoms with Crippen molar-refractivity contribution in [1.29, 1.82) is 0 Å². The minimum absolute atomic E-state index is 0.0228. The number of amides is 3. The predicted octanol–water partition coefficient (Wildman–Crippen LogP) is 3.18. The quantitative estimate of drug-likeness (QED) is 0.450. The Hall–Kier alpha value is -3.33. The predicted molar refractivity (Wildman–Crippen MR) is 112 cm³/mol. The van der Waals surface area contributed by atoms with E-state index in [1.165, 1.54) is 35.8 Å². The van der Waals surface area contributed by atoms with Gasteiger partial charge in [0.05, 0.1) is 5.56 Å². The number of hydrogen-bond acceptors (Lipinski definition) is 4. The molecule has 170 valence electrons. The van der Waals surface area contributed by atoms with Gasteiger partial charge < -0.3 is 10.2 Å². The zero-order chi connectivity index (χ0) is 23.1. The minimum Gasteiger partial charge on any atom is -0.352 e. The summed E-state index contributed by atoms with van der Waals surface area (Å²) in [7, 11) is 0. The third-order valence-corrected chi connectivity index (χ3v) is 5.47. The average Bonchev–Trinajstić information content (AvgIpc) is 2.79. The molecule has 0 aromatic heterocycles. The van der Waals surface area contributed by atoms with Crippen LogP contribution in [0.1, 0.15) is 58.4 Å². The molecule has 2 aromatic carbocycles. The second-order valence-electron chi connectivity index (χ2n) is 7.79. The third kappa shape index (κ3) is 5.88. The molecule has 1 saturated carbocycles. The molecule has 32 heavy (non-hydrogen) atoms. The lowest BCUT2D eigenvalue weighted by Crippen LogP contribution is -2.44. The first kappa shape index (κ1) is 23.3. The molecule has 0 saturated heterocycles. The first-order chi connectivity index (χ1) is 15.4. The van der Waals surface area contributed by atoms with Crippen molar-refractivity contribution in [2.75, 3.05) is 6.54 Å². The van der Waals surface area contributed by atoms with Crippen molar-refractivity contribution in [2.24, 2.45) is 0 Å². The fraction of sp³-hybridized carbons (Fsp3) is 0.348. The highest BCUT2D eigenvalue weighted by Gasteiger charge is 2.24. The summed E-state index contributed by atoms with van der Waals surface area (Å²) in [6.07, 6.45) is 4.86. The van der Waals surface area contributed by atoms with Gasteiger partial charge in [0, 0.05) is 23.7 Å². The summed E-state index contributed by atoms with van der Waals surface area (Å²) in [5, 5.41) is 11.6. The lowest BCUT2D eigenvalue weighted by molar-refractivity contribution is -0.122. The number of rotatable bonds is 7. The molecular formula is C23H25F2N3O4. The third-order valence-electron chi connectivity index (χ3n) is 5.47. The second kappa shape index (κ2) is 10.8. The SMILES string of the molecule is O=C(CN(Cc1ccc(C(=O)NO)cc1F)C(=O)c1ccccc1F)NC1CCCCC1. The van der Waals surface area contributed by atoms with E-state index >= 15 is 0 Å². The topological polar surface area (TPSA) is 98.7 Å². The van der Waals surface area contributed by atoms with E-state index in [4.69, 9.17) is 5.21 Å². The molecule has 0 unspecified atom stereocenters. The summed E-state index contributed by atoms with van der Waals surface area (Å²) in [4.78, 5) is 38.2. The van der Waals surface area contributed by atoms with Crippen LogP contribution >= 0.6 is 0 Å². The number of hydrogen-bond donors (Lipinski definition) is 3. The molecule has 3 rings (SSSR count). The second-order valence-corrected chi connectivity index (χ2v) is 7.79. The van der Waals surface area contributed by atoms with Crippen molar-refractivity contribution in [3.8, 4) is 0 Å². The van der Waals surface area contributed by atoms with Crippen LogP contribution in [0.2, 0.25) is 0 Å². The van der Waals surface area contributed by atoms with Crippen LogP contribution in [0.3, 0.4) is 0 Å². The summed E-state index contributed by atoms with van der Waals surface area (Å²) in [5.74, 6) is -3.59. The van der Waals surface area contributed by atoms with E-state index in [0.717, 1.165) is 49.1 Å². The van der Waals surface area contributed by atoms with Crippen molar-refractivity contribution in [1.82, 2.24) is 15.7 Å². The van der Waals surface area contributed by atoms with Gasteiger partial charge in [-0.25, -0.2) is 14.3 Å². The molecule has 1 aliphatic rings. The molecule has 1 fully saturated rings. The molecule has 1 aliphatic carbocycles. The van der Waals surface area contributed by atoms with E-state index in [1.807, 2.05) is 0 Å². The lowest BCUT2D eigenvalue weighted by Gasteiger charge is -2.26. The molecule has 7 nitrogen and oxygen atoms in total. The van der Waals surface area contributed by atoms with Gasteiger partial charge in [-0.1, -0.05) is 37.5 Å². The molecule has 2 aromatic rings. The number of carbonyl (C=O) groups excluding carboxylic acids is 3. The van der Waals surface area contributed by atoms with Gasteiger partial charge in [-0.3, -0.25) is 19.6 Å². The summed E-state index contributed by atoms with van der Waals surface area (Å²) >= 11 is 0. The van der Waals surface area contributed by atoms with Gasteiger partial charge in [0.1, 0.15) is 18.2 Å². The fourth-order valence-corrected chi connectivity index (χ4v) is 3.79. The number of nitrogens with one attached hydrogen (secondary N) is 2. The summed E-state index contributed by atoms with van der Waals surface area (Å²) in [6, 6.07) is 8.86. The molecule has 0 aliphatic heterocycles. The van der Waals surface area contributed by atoms with Gasteiger partial charge in [-0.2, -0.15) is 0 Å². The molecule has 0 heterocycles. The normalized spacial score (nSPS) is 14.0. The van der Waals surface area contributed by atoms with Gasteiger partial charge in [0.25, 0.3) is 11.8 Å². The van der Waals surface area contributed by atoms with Crippen molar-refractivity contribution in [3.05, 3.63) is 70.8 Å². The molecule has 0 bridgehead atoms.